The zero-order chi connectivity index (χ0) is 13.0. The molecular weight excluding hydrogens is 310 g/mol. The van der Waals surface area contributed by atoms with Gasteiger partial charge in [0, 0.05) is 15.8 Å². The molecule has 1 atom stereocenters. The number of halogens is 1. The van der Waals surface area contributed by atoms with E-state index in [1.54, 1.807) is 11.3 Å². The summed E-state index contributed by atoms with van der Waals surface area (Å²) < 4.78 is 0.993. The molecule has 2 N–H and O–H groups in total. The SMILES string of the molecule is NC(Cc1ccccc1)C(=O)Cc1sccc1Br. The van der Waals surface area contributed by atoms with Crippen LogP contribution in [0, 0.1) is 0 Å². The minimum absolute atomic E-state index is 0.0852. The summed E-state index contributed by atoms with van der Waals surface area (Å²) in [5, 5.41) is 1.97. The number of hydrogen-bond acceptors (Lipinski definition) is 3. The van der Waals surface area contributed by atoms with Crippen molar-refractivity contribution in [3.63, 3.8) is 0 Å². The minimum atomic E-state index is -0.429. The molecule has 0 aliphatic rings. The van der Waals surface area contributed by atoms with Gasteiger partial charge >= 0.3 is 0 Å². The Labute approximate surface area is 119 Å². The first kappa shape index (κ1) is 13.5. The van der Waals surface area contributed by atoms with E-state index in [9.17, 15) is 4.79 Å². The number of ketones is 1. The summed E-state index contributed by atoms with van der Waals surface area (Å²) in [6, 6.07) is 11.4. The molecule has 18 heavy (non-hydrogen) atoms. The Kier molecular flexibility index (Phi) is 4.69. The lowest BCUT2D eigenvalue weighted by molar-refractivity contribution is -0.119. The van der Waals surface area contributed by atoms with Crippen LogP contribution in [-0.4, -0.2) is 11.8 Å². The van der Waals surface area contributed by atoms with Crippen molar-refractivity contribution in [1.82, 2.24) is 0 Å². The van der Waals surface area contributed by atoms with Gasteiger partial charge in [0.1, 0.15) is 0 Å². The van der Waals surface area contributed by atoms with Gasteiger partial charge in [-0.2, -0.15) is 0 Å². The highest BCUT2D eigenvalue weighted by atomic mass is 79.9. The maximum absolute atomic E-state index is 12.0. The highest BCUT2D eigenvalue weighted by Gasteiger charge is 2.16. The number of carbonyl (C=O) groups is 1. The lowest BCUT2D eigenvalue weighted by atomic mass is 10.0. The van der Waals surface area contributed by atoms with Crippen LogP contribution in [-0.2, 0) is 17.6 Å². The molecule has 2 nitrogen and oxygen atoms in total. The topological polar surface area (TPSA) is 43.1 Å². The Morgan fingerprint density at radius 1 is 1.28 bits per heavy atom. The van der Waals surface area contributed by atoms with Crippen molar-refractivity contribution in [3.8, 4) is 0 Å². The Bertz CT molecular complexity index is 524. The maximum Gasteiger partial charge on any atom is 0.155 e. The van der Waals surface area contributed by atoms with Crippen LogP contribution >= 0.6 is 27.3 Å². The van der Waals surface area contributed by atoms with Gasteiger partial charge in [0.05, 0.1) is 6.04 Å². The lowest BCUT2D eigenvalue weighted by Crippen LogP contribution is -2.33. The summed E-state index contributed by atoms with van der Waals surface area (Å²) in [6.07, 6.45) is 1.01. The van der Waals surface area contributed by atoms with E-state index in [0.29, 0.717) is 12.8 Å². The van der Waals surface area contributed by atoms with Crippen molar-refractivity contribution < 1.29 is 4.79 Å². The number of nitrogens with two attached hydrogens (primary N) is 1. The normalized spacial score (nSPS) is 12.3. The Morgan fingerprint density at radius 3 is 2.61 bits per heavy atom. The van der Waals surface area contributed by atoms with Gasteiger partial charge in [-0.1, -0.05) is 30.3 Å². The van der Waals surface area contributed by atoms with E-state index in [4.69, 9.17) is 5.73 Å². The molecule has 0 radical (unpaired) electrons. The number of benzene rings is 1. The number of hydrogen-bond donors (Lipinski definition) is 1. The summed E-state index contributed by atoms with van der Waals surface area (Å²) >= 11 is 5.01. The molecule has 1 heterocycles. The van der Waals surface area contributed by atoms with Crippen LogP contribution in [0.5, 0.6) is 0 Å². The van der Waals surface area contributed by atoms with Gasteiger partial charge < -0.3 is 5.73 Å². The molecule has 2 rings (SSSR count). The smallest absolute Gasteiger partial charge is 0.155 e. The van der Waals surface area contributed by atoms with Crippen molar-refractivity contribution in [2.45, 2.75) is 18.9 Å². The molecule has 0 saturated carbocycles. The van der Waals surface area contributed by atoms with E-state index in [2.05, 4.69) is 15.9 Å². The molecule has 2 aromatic rings. The first-order chi connectivity index (χ1) is 8.66. The molecule has 1 aromatic carbocycles. The molecule has 94 valence electrons. The van der Waals surface area contributed by atoms with Gasteiger partial charge in [0.2, 0.25) is 0 Å². The molecule has 0 fully saturated rings. The summed E-state index contributed by atoms with van der Waals surface area (Å²) in [6.45, 7) is 0. The Morgan fingerprint density at radius 2 is 2.00 bits per heavy atom. The third kappa shape index (κ3) is 3.51. The first-order valence-electron chi connectivity index (χ1n) is 5.71. The molecule has 1 aromatic heterocycles. The quantitative estimate of drug-likeness (QED) is 0.918. The predicted octanol–water partition coefficient (Wildman–Crippen LogP) is 3.19. The fourth-order valence-electron chi connectivity index (χ4n) is 1.72. The first-order valence-corrected chi connectivity index (χ1v) is 7.38. The largest absolute Gasteiger partial charge is 0.321 e. The van der Waals surface area contributed by atoms with Gasteiger partial charge in [-0.25, -0.2) is 0 Å². The van der Waals surface area contributed by atoms with Gasteiger partial charge in [-0.15, -0.1) is 11.3 Å². The zero-order valence-corrected chi connectivity index (χ0v) is 12.2. The van der Waals surface area contributed by atoms with Crippen molar-refractivity contribution in [3.05, 3.63) is 56.7 Å². The summed E-state index contributed by atoms with van der Waals surface area (Å²) in [5.41, 5.74) is 7.06. The maximum atomic E-state index is 12.0. The average Bonchev–Trinajstić information content (AvgIpc) is 2.76. The Balaban J connectivity index is 1.95. The van der Waals surface area contributed by atoms with Crippen LogP contribution in [0.25, 0.3) is 0 Å². The standard InChI is InChI=1S/C14H14BrNOS/c15-11-6-7-18-14(11)9-13(17)12(16)8-10-4-2-1-3-5-10/h1-7,12H,8-9,16H2. The molecule has 4 heteroatoms. The van der Waals surface area contributed by atoms with Crippen molar-refractivity contribution in [2.24, 2.45) is 5.73 Å². The van der Waals surface area contributed by atoms with Crippen LogP contribution < -0.4 is 5.73 Å². The fraction of sp³-hybridized carbons (Fsp3) is 0.214. The van der Waals surface area contributed by atoms with Crippen molar-refractivity contribution in [1.29, 1.82) is 0 Å². The minimum Gasteiger partial charge on any atom is -0.321 e. The molecule has 0 spiro atoms. The second-order valence-electron chi connectivity index (χ2n) is 4.13. The van der Waals surface area contributed by atoms with Crippen LogP contribution in [0.15, 0.2) is 46.3 Å². The molecule has 0 bridgehead atoms. The highest BCUT2D eigenvalue weighted by Crippen LogP contribution is 2.23. The molecule has 0 amide bonds. The van der Waals surface area contributed by atoms with Crippen molar-refractivity contribution >= 4 is 33.0 Å². The van der Waals surface area contributed by atoms with E-state index in [-0.39, 0.29) is 5.78 Å². The zero-order valence-electron chi connectivity index (χ0n) is 9.80. The summed E-state index contributed by atoms with van der Waals surface area (Å²) in [5.74, 6) is 0.0852. The number of rotatable bonds is 5. The van der Waals surface area contributed by atoms with Crippen molar-refractivity contribution in [2.75, 3.05) is 0 Å². The third-order valence-corrected chi connectivity index (χ3v) is 4.66. The van der Waals surface area contributed by atoms with Gasteiger partial charge in [0.15, 0.2) is 5.78 Å². The lowest BCUT2D eigenvalue weighted by Gasteiger charge is -2.10. The van der Waals surface area contributed by atoms with Gasteiger partial charge in [-0.05, 0) is 39.4 Å². The van der Waals surface area contributed by atoms with Gasteiger partial charge in [0.25, 0.3) is 0 Å². The molecule has 0 aliphatic carbocycles. The summed E-state index contributed by atoms with van der Waals surface area (Å²) in [7, 11) is 0. The molecular formula is C14H14BrNOS. The van der Waals surface area contributed by atoms with Crippen LogP contribution in [0.4, 0.5) is 0 Å². The van der Waals surface area contributed by atoms with E-state index in [0.717, 1.165) is 14.9 Å². The van der Waals surface area contributed by atoms with E-state index >= 15 is 0 Å². The fourth-order valence-corrected chi connectivity index (χ4v) is 3.22. The second kappa shape index (κ2) is 6.27. The number of Topliss-reactive ketones (excluding diaryl/α,β-unsaturated/α-hetero) is 1. The monoisotopic (exact) mass is 323 g/mol. The predicted molar refractivity (Wildman–Crippen MR) is 78.9 cm³/mol. The summed E-state index contributed by atoms with van der Waals surface area (Å²) in [4.78, 5) is 13.1. The molecule has 0 aliphatic heterocycles. The molecule has 1 unspecified atom stereocenters. The third-order valence-electron chi connectivity index (χ3n) is 2.74. The number of thiophene rings is 1. The number of carbonyl (C=O) groups excluding carboxylic acids is 1. The second-order valence-corrected chi connectivity index (χ2v) is 5.99. The van der Waals surface area contributed by atoms with Crippen LogP contribution in [0.1, 0.15) is 10.4 Å². The van der Waals surface area contributed by atoms with Crippen LogP contribution in [0.2, 0.25) is 0 Å². The molecule has 0 saturated heterocycles. The van der Waals surface area contributed by atoms with E-state index < -0.39 is 6.04 Å². The highest BCUT2D eigenvalue weighted by molar-refractivity contribution is 9.10. The van der Waals surface area contributed by atoms with Gasteiger partial charge in [-0.3, -0.25) is 4.79 Å². The average molecular weight is 324 g/mol. The van der Waals surface area contributed by atoms with E-state index in [1.165, 1.54) is 0 Å². The van der Waals surface area contributed by atoms with E-state index in [1.807, 2.05) is 41.8 Å². The Hall–Kier alpha value is -0.970. The van der Waals surface area contributed by atoms with Crippen LogP contribution in [0.3, 0.4) is 0 Å².